The van der Waals surface area contributed by atoms with Crippen molar-refractivity contribution in [3.05, 3.63) is 0 Å². The summed E-state index contributed by atoms with van der Waals surface area (Å²) in [5, 5.41) is 5.70. The molecule has 0 heterocycles. The Bertz CT molecular complexity index is 314. The highest BCUT2D eigenvalue weighted by molar-refractivity contribution is 7.90. The molecule has 2 N–H and O–H groups in total. The maximum Gasteiger partial charge on any atom is 0.316 e. The molecule has 16 heavy (non-hydrogen) atoms. The van der Waals surface area contributed by atoms with Crippen molar-refractivity contribution in [2.45, 2.75) is 13.0 Å². The van der Waals surface area contributed by atoms with Gasteiger partial charge in [0.05, 0.1) is 5.75 Å². The van der Waals surface area contributed by atoms with Gasteiger partial charge in [-0.1, -0.05) is 0 Å². The first-order valence-corrected chi connectivity index (χ1v) is 7.14. The van der Waals surface area contributed by atoms with E-state index in [0.717, 1.165) is 0 Å². The molecule has 0 fully saturated rings. The molecule has 0 aromatic rings. The lowest BCUT2D eigenvalue weighted by Gasteiger charge is -2.15. The summed E-state index contributed by atoms with van der Waals surface area (Å²) >= 11 is 0. The summed E-state index contributed by atoms with van der Waals surface area (Å²) in [6, 6.07) is -0.260. The predicted octanol–water partition coefficient (Wildman–Crippen LogP) is -0.720. The molecule has 0 spiro atoms. The Balaban J connectivity index is 3.64. The zero-order valence-electron chi connectivity index (χ0n) is 10.3. The lowest BCUT2D eigenvalue weighted by Crippen LogP contribution is -2.41. The molecule has 0 rings (SSSR count). The van der Waals surface area contributed by atoms with Crippen LogP contribution in [0.4, 0.5) is 4.79 Å². The molecule has 0 bridgehead atoms. The fourth-order valence-corrected chi connectivity index (χ4v) is 2.19. The Hall–Kier alpha value is -0.820. The van der Waals surface area contributed by atoms with Crippen molar-refractivity contribution in [3.8, 4) is 0 Å². The van der Waals surface area contributed by atoms with Crippen LogP contribution in [0.5, 0.6) is 0 Å². The third-order valence-electron chi connectivity index (χ3n) is 1.85. The second-order valence-electron chi connectivity index (χ2n) is 4.07. The number of amides is 2. The molecule has 0 radical (unpaired) electrons. The molecule has 0 aliphatic rings. The number of hydrogen-bond acceptors (Lipinski definition) is 4. The first-order chi connectivity index (χ1) is 7.22. The number of hydrogen-bond donors (Lipinski definition) is 2. The van der Waals surface area contributed by atoms with Crippen molar-refractivity contribution < 1.29 is 13.2 Å². The topological polar surface area (TPSA) is 78.5 Å². The van der Waals surface area contributed by atoms with Crippen molar-refractivity contribution in [3.63, 3.8) is 0 Å². The minimum Gasteiger partial charge on any atom is -0.337 e. The average molecular weight is 251 g/mol. The zero-order valence-corrected chi connectivity index (χ0v) is 11.1. The van der Waals surface area contributed by atoms with Gasteiger partial charge in [-0.25, -0.2) is 13.2 Å². The molecule has 0 aliphatic heterocycles. The van der Waals surface area contributed by atoms with Gasteiger partial charge in [0.15, 0.2) is 0 Å². The van der Waals surface area contributed by atoms with Crippen LogP contribution in [0, 0.1) is 0 Å². The summed E-state index contributed by atoms with van der Waals surface area (Å²) in [5.74, 6) is 0.106. The van der Waals surface area contributed by atoms with E-state index in [1.54, 1.807) is 21.0 Å². The molecule has 1 unspecified atom stereocenters. The van der Waals surface area contributed by atoms with Crippen LogP contribution in [0.25, 0.3) is 0 Å². The van der Waals surface area contributed by atoms with Crippen molar-refractivity contribution in [2.75, 3.05) is 39.2 Å². The highest BCUT2D eigenvalue weighted by atomic mass is 32.2. The molecular weight excluding hydrogens is 230 g/mol. The van der Waals surface area contributed by atoms with Gasteiger partial charge in [0.1, 0.15) is 9.84 Å². The number of nitrogens with zero attached hydrogens (tertiary/aromatic N) is 1. The van der Waals surface area contributed by atoms with E-state index in [4.69, 9.17) is 0 Å². The van der Waals surface area contributed by atoms with E-state index in [1.807, 2.05) is 0 Å². The van der Waals surface area contributed by atoms with Crippen LogP contribution < -0.4 is 10.6 Å². The molecule has 0 saturated carbocycles. The first kappa shape index (κ1) is 15.2. The van der Waals surface area contributed by atoms with Crippen molar-refractivity contribution in [1.29, 1.82) is 0 Å². The molecule has 2 amide bonds. The summed E-state index contributed by atoms with van der Waals surface area (Å²) in [5.41, 5.74) is 0. The number of carbonyl (C=O) groups excluding carboxylic acids is 1. The van der Waals surface area contributed by atoms with Crippen LogP contribution in [0.2, 0.25) is 0 Å². The van der Waals surface area contributed by atoms with E-state index in [1.165, 1.54) is 11.2 Å². The number of nitrogens with one attached hydrogen (secondary N) is 2. The molecule has 1 atom stereocenters. The fourth-order valence-electron chi connectivity index (χ4n) is 1.16. The minimum absolute atomic E-state index is 0.105. The number of urea groups is 1. The van der Waals surface area contributed by atoms with Gasteiger partial charge in [0.25, 0.3) is 0 Å². The predicted molar refractivity (Wildman–Crippen MR) is 64.3 cm³/mol. The van der Waals surface area contributed by atoms with Crippen molar-refractivity contribution >= 4 is 15.9 Å². The van der Waals surface area contributed by atoms with Gasteiger partial charge in [-0.3, -0.25) is 0 Å². The molecule has 0 saturated heterocycles. The third kappa shape index (κ3) is 8.49. The highest BCUT2D eigenvalue weighted by Gasteiger charge is 2.09. The summed E-state index contributed by atoms with van der Waals surface area (Å²) in [7, 11) is 0.375. The minimum atomic E-state index is -2.95. The van der Waals surface area contributed by atoms with Gasteiger partial charge in [0, 0.05) is 39.5 Å². The lowest BCUT2D eigenvalue weighted by atomic mass is 10.4. The van der Waals surface area contributed by atoms with Crippen LogP contribution in [0.3, 0.4) is 0 Å². The maximum atomic E-state index is 11.1. The van der Waals surface area contributed by atoms with Crippen LogP contribution in [0.1, 0.15) is 6.92 Å². The van der Waals surface area contributed by atoms with Gasteiger partial charge in [-0.15, -0.1) is 0 Å². The first-order valence-electron chi connectivity index (χ1n) is 5.08. The number of rotatable bonds is 6. The Morgan fingerprint density at radius 1 is 1.31 bits per heavy atom. The Labute approximate surface area is 97.3 Å². The third-order valence-corrected chi connectivity index (χ3v) is 2.96. The van der Waals surface area contributed by atoms with E-state index < -0.39 is 9.84 Å². The highest BCUT2D eigenvalue weighted by Crippen LogP contribution is 1.89. The summed E-state index contributed by atoms with van der Waals surface area (Å²) in [6.07, 6.45) is 1.21. The molecule has 96 valence electrons. The molecule has 6 nitrogen and oxygen atoms in total. The standard InChI is InChI=1S/C9H21N3O3S/c1-8(7-16(4,14)15)10-5-6-11-9(13)12(2)3/h8,10H,5-7H2,1-4H3,(H,11,13). The Kier molecular flexibility index (Phi) is 6.35. The van der Waals surface area contributed by atoms with Gasteiger partial charge >= 0.3 is 6.03 Å². The average Bonchev–Trinajstić information content (AvgIpc) is 2.08. The van der Waals surface area contributed by atoms with Gasteiger partial charge < -0.3 is 15.5 Å². The van der Waals surface area contributed by atoms with E-state index in [0.29, 0.717) is 13.1 Å². The van der Waals surface area contributed by atoms with E-state index in [9.17, 15) is 13.2 Å². The molecular formula is C9H21N3O3S. The smallest absolute Gasteiger partial charge is 0.316 e. The number of carbonyl (C=O) groups is 1. The normalized spacial score (nSPS) is 13.2. The maximum absolute atomic E-state index is 11.1. The second-order valence-corrected chi connectivity index (χ2v) is 6.26. The zero-order chi connectivity index (χ0) is 12.8. The van der Waals surface area contributed by atoms with E-state index in [2.05, 4.69) is 10.6 Å². The SMILES string of the molecule is CC(CS(C)(=O)=O)NCCNC(=O)N(C)C. The summed E-state index contributed by atoms with van der Waals surface area (Å²) < 4.78 is 21.9. The molecule has 7 heteroatoms. The van der Waals surface area contributed by atoms with Crippen LogP contribution in [-0.4, -0.2) is 64.6 Å². The van der Waals surface area contributed by atoms with Crippen LogP contribution in [-0.2, 0) is 9.84 Å². The van der Waals surface area contributed by atoms with Gasteiger partial charge in [-0.05, 0) is 6.92 Å². The molecule has 0 aromatic carbocycles. The summed E-state index contributed by atoms with van der Waals surface area (Å²) in [6.45, 7) is 2.83. The second kappa shape index (κ2) is 6.70. The number of sulfone groups is 1. The quantitative estimate of drug-likeness (QED) is 0.611. The molecule has 0 aliphatic carbocycles. The monoisotopic (exact) mass is 251 g/mol. The van der Waals surface area contributed by atoms with Crippen LogP contribution >= 0.6 is 0 Å². The van der Waals surface area contributed by atoms with Crippen molar-refractivity contribution in [1.82, 2.24) is 15.5 Å². The fraction of sp³-hybridized carbons (Fsp3) is 0.889. The van der Waals surface area contributed by atoms with E-state index >= 15 is 0 Å². The summed E-state index contributed by atoms with van der Waals surface area (Å²) in [4.78, 5) is 12.6. The van der Waals surface area contributed by atoms with Crippen LogP contribution in [0.15, 0.2) is 0 Å². The molecule has 0 aromatic heterocycles. The largest absolute Gasteiger partial charge is 0.337 e. The van der Waals surface area contributed by atoms with E-state index in [-0.39, 0.29) is 17.8 Å². The lowest BCUT2D eigenvalue weighted by molar-refractivity contribution is 0.217. The Morgan fingerprint density at radius 3 is 2.31 bits per heavy atom. The van der Waals surface area contributed by atoms with Gasteiger partial charge in [-0.2, -0.15) is 0 Å². The van der Waals surface area contributed by atoms with Crippen molar-refractivity contribution in [2.24, 2.45) is 0 Å². The van der Waals surface area contributed by atoms with Gasteiger partial charge in [0.2, 0.25) is 0 Å². The Morgan fingerprint density at radius 2 is 1.88 bits per heavy atom.